The van der Waals surface area contributed by atoms with Crippen molar-refractivity contribution in [2.24, 2.45) is 0 Å². The van der Waals surface area contributed by atoms with E-state index in [1.165, 1.54) is 17.7 Å². The van der Waals surface area contributed by atoms with Crippen LogP contribution in [0.2, 0.25) is 0 Å². The summed E-state index contributed by atoms with van der Waals surface area (Å²) < 4.78 is 19.5. The van der Waals surface area contributed by atoms with Gasteiger partial charge >= 0.3 is 0 Å². The highest BCUT2D eigenvalue weighted by Gasteiger charge is 2.34. The third kappa shape index (κ3) is 4.47. The predicted molar refractivity (Wildman–Crippen MR) is 140 cm³/mol. The Morgan fingerprint density at radius 2 is 1.77 bits per heavy atom. The maximum atomic E-state index is 13.7. The van der Waals surface area contributed by atoms with Gasteiger partial charge in [-0.05, 0) is 73.4 Å². The molecule has 0 fully saturated rings. The van der Waals surface area contributed by atoms with Gasteiger partial charge in [-0.2, -0.15) is 4.98 Å². The van der Waals surface area contributed by atoms with Crippen LogP contribution in [0.3, 0.4) is 0 Å². The van der Waals surface area contributed by atoms with Crippen molar-refractivity contribution in [3.05, 3.63) is 107 Å². The van der Waals surface area contributed by atoms with Crippen LogP contribution in [0.5, 0.6) is 0 Å². The van der Waals surface area contributed by atoms with E-state index in [9.17, 15) is 4.39 Å². The molecule has 0 saturated carbocycles. The Kier molecular flexibility index (Phi) is 6.17. The molecule has 1 aromatic heterocycles. The number of allylic oxidation sites excluding steroid dienone is 1. The summed E-state index contributed by atoms with van der Waals surface area (Å²) in [5.74, 6) is 0.599. The average molecular weight is 485 g/mol. The fraction of sp³-hybridized carbons (Fsp3) is 0.179. The molecular weight excluding hydrogens is 459 g/mol. The van der Waals surface area contributed by atoms with E-state index in [-0.39, 0.29) is 11.9 Å². The van der Waals surface area contributed by atoms with Crippen LogP contribution < -0.4 is 10.2 Å². The van der Waals surface area contributed by atoms with Gasteiger partial charge in [0.05, 0.1) is 11.6 Å². The number of nitrogens with zero attached hydrogens (tertiary/aromatic N) is 3. The van der Waals surface area contributed by atoms with Crippen LogP contribution in [0, 0.1) is 12.7 Å². The Balaban J connectivity index is 1.63. The maximum Gasteiger partial charge on any atom is 0.258 e. The maximum absolute atomic E-state index is 13.7. The summed E-state index contributed by atoms with van der Waals surface area (Å²) >= 11 is 5.78. The Hall–Kier alpha value is -3.84. The first kappa shape index (κ1) is 22.9. The summed E-state index contributed by atoms with van der Waals surface area (Å²) in [6.07, 6.45) is 0.962. The lowest BCUT2D eigenvalue weighted by molar-refractivity contribution is 0.404. The summed E-state index contributed by atoms with van der Waals surface area (Å²) in [7, 11) is 0. The molecule has 3 aromatic carbocycles. The van der Waals surface area contributed by atoms with Crippen molar-refractivity contribution in [3.8, 4) is 11.4 Å². The average Bonchev–Trinajstić information content (AvgIpc) is 3.34. The van der Waals surface area contributed by atoms with Gasteiger partial charge in [0.2, 0.25) is 5.82 Å². The van der Waals surface area contributed by atoms with Gasteiger partial charge in [-0.3, -0.25) is 4.90 Å². The van der Waals surface area contributed by atoms with Gasteiger partial charge in [0.1, 0.15) is 5.82 Å². The quantitative estimate of drug-likeness (QED) is 0.322. The predicted octanol–water partition coefficient (Wildman–Crippen LogP) is 6.61. The second-order valence-corrected chi connectivity index (χ2v) is 8.97. The number of halogens is 1. The van der Waals surface area contributed by atoms with Gasteiger partial charge in [0.25, 0.3) is 5.89 Å². The zero-order chi connectivity index (χ0) is 24.5. The Labute approximate surface area is 209 Å². The molecule has 2 heterocycles. The zero-order valence-corrected chi connectivity index (χ0v) is 20.6. The van der Waals surface area contributed by atoms with Gasteiger partial charge in [0.15, 0.2) is 5.11 Å². The van der Waals surface area contributed by atoms with Gasteiger partial charge in [0, 0.05) is 16.9 Å². The van der Waals surface area contributed by atoms with E-state index in [1.807, 2.05) is 49.1 Å². The van der Waals surface area contributed by atoms with E-state index in [2.05, 4.69) is 35.6 Å². The Morgan fingerprint density at radius 3 is 2.46 bits per heavy atom. The number of hydrogen-bond acceptors (Lipinski definition) is 4. The molecule has 0 radical (unpaired) electrons. The number of rotatable bonds is 5. The van der Waals surface area contributed by atoms with Crippen molar-refractivity contribution < 1.29 is 8.91 Å². The normalized spacial score (nSPS) is 15.9. The number of thiocarbonyl (C=S) groups is 1. The topological polar surface area (TPSA) is 54.2 Å². The molecule has 4 aromatic rings. The van der Waals surface area contributed by atoms with Crippen LogP contribution in [-0.2, 0) is 6.42 Å². The van der Waals surface area contributed by atoms with Crippen LogP contribution in [0.25, 0.3) is 17.0 Å². The molecule has 7 heteroatoms. The first-order valence-electron chi connectivity index (χ1n) is 11.5. The van der Waals surface area contributed by atoms with Gasteiger partial charge in [-0.1, -0.05) is 60.6 Å². The van der Waals surface area contributed by atoms with Crippen molar-refractivity contribution in [2.45, 2.75) is 33.2 Å². The van der Waals surface area contributed by atoms with Gasteiger partial charge in [-0.25, -0.2) is 4.39 Å². The molecule has 0 aliphatic carbocycles. The summed E-state index contributed by atoms with van der Waals surface area (Å²) in [4.78, 5) is 6.72. The van der Waals surface area contributed by atoms with Crippen LogP contribution in [0.15, 0.2) is 83.0 Å². The van der Waals surface area contributed by atoms with Crippen LogP contribution in [0.4, 0.5) is 10.1 Å². The fourth-order valence-corrected chi connectivity index (χ4v) is 4.70. The monoisotopic (exact) mass is 484 g/mol. The molecule has 5 nitrogen and oxygen atoms in total. The molecule has 0 amide bonds. The van der Waals surface area contributed by atoms with E-state index in [4.69, 9.17) is 21.7 Å². The lowest BCUT2D eigenvalue weighted by Crippen LogP contribution is -2.46. The van der Waals surface area contributed by atoms with Crippen molar-refractivity contribution in [2.75, 3.05) is 4.90 Å². The molecule has 1 N–H and O–H groups in total. The molecular formula is C28H25FN4OS. The second-order valence-electron chi connectivity index (χ2n) is 8.58. The minimum Gasteiger partial charge on any atom is -0.351 e. The van der Waals surface area contributed by atoms with E-state index < -0.39 is 0 Å². The third-order valence-electron chi connectivity index (χ3n) is 6.22. The number of hydrogen-bond donors (Lipinski definition) is 1. The summed E-state index contributed by atoms with van der Waals surface area (Å²) in [5, 5.41) is 8.22. The Morgan fingerprint density at radius 1 is 1.03 bits per heavy atom. The van der Waals surface area contributed by atoms with Crippen molar-refractivity contribution in [1.29, 1.82) is 0 Å². The molecule has 1 aliphatic rings. The SMILES string of the molecule is CCc1ccc(-c2noc(C3=C(C)N(c4cccc(C)c4)C(=S)NC3c3ccc(F)cc3)n2)cc1. The van der Waals surface area contributed by atoms with E-state index in [0.717, 1.165) is 40.1 Å². The first-order valence-corrected chi connectivity index (χ1v) is 11.9. The van der Waals surface area contributed by atoms with Crippen molar-refractivity contribution >= 4 is 28.6 Å². The molecule has 0 saturated heterocycles. The van der Waals surface area contributed by atoms with E-state index >= 15 is 0 Å². The molecule has 5 rings (SSSR count). The van der Waals surface area contributed by atoms with E-state index in [1.54, 1.807) is 12.1 Å². The van der Waals surface area contributed by atoms with Gasteiger partial charge < -0.3 is 9.84 Å². The van der Waals surface area contributed by atoms with Crippen LogP contribution >= 0.6 is 12.2 Å². The zero-order valence-electron chi connectivity index (χ0n) is 19.7. The summed E-state index contributed by atoms with van der Waals surface area (Å²) in [5.41, 5.74) is 6.68. The molecule has 1 aliphatic heterocycles. The molecule has 0 spiro atoms. The van der Waals surface area contributed by atoms with Crippen molar-refractivity contribution in [3.63, 3.8) is 0 Å². The van der Waals surface area contributed by atoms with Crippen LogP contribution in [0.1, 0.15) is 42.5 Å². The smallest absolute Gasteiger partial charge is 0.258 e. The summed E-state index contributed by atoms with van der Waals surface area (Å²) in [6, 6.07) is 22.2. The van der Waals surface area contributed by atoms with Crippen molar-refractivity contribution in [1.82, 2.24) is 15.5 Å². The minimum atomic E-state index is -0.375. The molecule has 0 bridgehead atoms. The molecule has 176 valence electrons. The second kappa shape index (κ2) is 9.43. The molecule has 1 unspecified atom stereocenters. The lowest BCUT2D eigenvalue weighted by atomic mass is 9.94. The molecule has 35 heavy (non-hydrogen) atoms. The highest BCUT2D eigenvalue weighted by Crippen LogP contribution is 2.39. The number of aryl methyl sites for hydroxylation is 2. The van der Waals surface area contributed by atoms with Crippen LogP contribution in [-0.4, -0.2) is 15.3 Å². The Bertz CT molecular complexity index is 1410. The van der Waals surface area contributed by atoms with Gasteiger partial charge in [-0.15, -0.1) is 0 Å². The summed E-state index contributed by atoms with van der Waals surface area (Å²) in [6.45, 7) is 6.15. The highest BCUT2D eigenvalue weighted by atomic mass is 32.1. The lowest BCUT2D eigenvalue weighted by Gasteiger charge is -2.37. The standard InChI is InChI=1S/C28H25FN4OS/c1-4-19-8-10-21(11-9-19)26-31-27(34-32-26)24-18(3)33(23-7-5-6-17(2)16-23)28(35)30-25(24)20-12-14-22(29)15-13-20/h5-16,25H,4H2,1-3H3,(H,30,35). The minimum absolute atomic E-state index is 0.300. The number of anilines is 1. The largest absolute Gasteiger partial charge is 0.351 e. The third-order valence-corrected chi connectivity index (χ3v) is 6.53. The molecule has 1 atom stereocenters. The number of benzene rings is 3. The number of aromatic nitrogens is 2. The first-order chi connectivity index (χ1) is 16.9. The fourth-order valence-electron chi connectivity index (χ4n) is 4.34. The van der Waals surface area contributed by atoms with E-state index in [0.29, 0.717) is 16.8 Å². The highest BCUT2D eigenvalue weighted by molar-refractivity contribution is 7.80. The number of nitrogens with one attached hydrogen (secondary N) is 1.